The monoisotopic (exact) mass is 373 g/mol. The summed E-state index contributed by atoms with van der Waals surface area (Å²) >= 11 is 0. The normalized spacial score (nSPS) is 37.1. The first-order chi connectivity index (χ1) is 12.0. The van der Waals surface area contributed by atoms with Crippen LogP contribution < -0.4 is 5.64 Å². The second kappa shape index (κ2) is 6.66. The van der Waals surface area contributed by atoms with Gasteiger partial charge in [-0.1, -0.05) is 53.7 Å². The van der Waals surface area contributed by atoms with E-state index in [0.717, 1.165) is 13.0 Å². The van der Waals surface area contributed by atoms with Crippen LogP contribution in [-0.2, 0) is 4.74 Å². The Kier molecular flexibility index (Phi) is 5.56. The number of likely N-dealkylation sites (tertiary alicyclic amines) is 1. The molecule has 0 aliphatic carbocycles. The van der Waals surface area contributed by atoms with Crippen molar-refractivity contribution in [3.05, 3.63) is 24.5 Å². The van der Waals surface area contributed by atoms with Crippen LogP contribution in [0.25, 0.3) is 0 Å². The first-order valence-electron chi connectivity index (χ1n) is 10.4. The van der Waals surface area contributed by atoms with E-state index in [1.165, 1.54) is 5.57 Å². The van der Waals surface area contributed by atoms with Crippen LogP contribution in [0.5, 0.6) is 0 Å². The average molecular weight is 373 g/mol. The second-order valence-corrected chi connectivity index (χ2v) is 11.5. The molecule has 3 nitrogen and oxygen atoms in total. The van der Waals surface area contributed by atoms with Gasteiger partial charge in [-0.3, -0.25) is 4.90 Å². The SMILES string of the molecule is C=C(C)C1CC(C)(C)C(C)(C)CN(C2(C)C=COC2[B]N)C(C)(C)C1(C)C. The highest BCUT2D eigenvalue weighted by atomic mass is 16.5. The third-order valence-electron chi connectivity index (χ3n) is 8.78. The van der Waals surface area contributed by atoms with Crippen molar-refractivity contribution in [2.45, 2.75) is 92.7 Å². The zero-order valence-corrected chi connectivity index (χ0v) is 19.4. The second-order valence-electron chi connectivity index (χ2n) is 11.5. The lowest BCUT2D eigenvalue weighted by Crippen LogP contribution is -2.71. The Morgan fingerprint density at radius 1 is 1.07 bits per heavy atom. The number of hydrogen-bond donors (Lipinski definition) is 1. The van der Waals surface area contributed by atoms with Crippen molar-refractivity contribution in [3.8, 4) is 0 Å². The molecular formula is C23H42BN2O. The summed E-state index contributed by atoms with van der Waals surface area (Å²) in [6, 6.07) is -0.144. The summed E-state index contributed by atoms with van der Waals surface area (Å²) in [7, 11) is 1.70. The van der Waals surface area contributed by atoms with E-state index < -0.39 is 0 Å². The van der Waals surface area contributed by atoms with Gasteiger partial charge in [-0.15, -0.1) is 0 Å². The molecule has 2 rings (SSSR count). The Balaban J connectivity index is 2.71. The lowest BCUT2D eigenvalue weighted by Gasteiger charge is -2.64. The first kappa shape index (κ1) is 22.6. The first-order valence-corrected chi connectivity index (χ1v) is 10.4. The van der Waals surface area contributed by atoms with Gasteiger partial charge in [0.15, 0.2) is 0 Å². The van der Waals surface area contributed by atoms with Crippen LogP contribution in [0.15, 0.2) is 24.5 Å². The van der Waals surface area contributed by atoms with Crippen LogP contribution >= 0.6 is 0 Å². The molecule has 0 saturated carbocycles. The zero-order valence-electron chi connectivity index (χ0n) is 19.4. The Morgan fingerprint density at radius 3 is 2.11 bits per heavy atom. The van der Waals surface area contributed by atoms with Crippen molar-refractivity contribution >= 4 is 7.41 Å². The summed E-state index contributed by atoms with van der Waals surface area (Å²) in [4.78, 5) is 2.66. The molecule has 0 aromatic rings. The van der Waals surface area contributed by atoms with Crippen molar-refractivity contribution in [2.24, 2.45) is 27.8 Å². The molecule has 2 aliphatic rings. The van der Waals surface area contributed by atoms with Gasteiger partial charge >= 0.3 is 0 Å². The summed E-state index contributed by atoms with van der Waals surface area (Å²) in [6.07, 6.45) is 5.17. The van der Waals surface area contributed by atoms with E-state index in [4.69, 9.17) is 10.4 Å². The van der Waals surface area contributed by atoms with Crippen molar-refractivity contribution in [3.63, 3.8) is 0 Å². The van der Waals surface area contributed by atoms with Crippen LogP contribution in [0.3, 0.4) is 0 Å². The molecule has 4 heteroatoms. The lowest BCUT2D eigenvalue weighted by molar-refractivity contribution is -0.138. The average Bonchev–Trinajstić information content (AvgIpc) is 2.90. The largest absolute Gasteiger partial charge is 0.503 e. The minimum atomic E-state index is -0.278. The third kappa shape index (κ3) is 3.31. The molecule has 2 heterocycles. The van der Waals surface area contributed by atoms with Gasteiger partial charge < -0.3 is 10.4 Å². The molecule has 2 aliphatic heterocycles. The highest BCUT2D eigenvalue weighted by Crippen LogP contribution is 2.58. The maximum absolute atomic E-state index is 6.01. The van der Waals surface area contributed by atoms with E-state index >= 15 is 0 Å². The molecule has 153 valence electrons. The van der Waals surface area contributed by atoms with E-state index in [2.05, 4.69) is 86.8 Å². The molecule has 1 fully saturated rings. The summed E-state index contributed by atoms with van der Waals surface area (Å²) in [5, 5.41) is 0. The number of ether oxygens (including phenoxy) is 1. The van der Waals surface area contributed by atoms with Crippen LogP contribution in [-0.4, -0.2) is 35.9 Å². The minimum Gasteiger partial charge on any atom is -0.503 e. The Hall–Kier alpha value is -0.735. The van der Waals surface area contributed by atoms with Gasteiger partial charge in [0.05, 0.1) is 11.8 Å². The molecule has 0 aromatic carbocycles. The lowest BCUT2D eigenvalue weighted by atomic mass is 9.52. The summed E-state index contributed by atoms with van der Waals surface area (Å²) in [5.41, 5.74) is 7.25. The molecule has 0 aromatic heterocycles. The van der Waals surface area contributed by atoms with Gasteiger partial charge in [-0.25, -0.2) is 0 Å². The molecular weight excluding hydrogens is 331 g/mol. The highest BCUT2D eigenvalue weighted by molar-refractivity contribution is 6.33. The van der Waals surface area contributed by atoms with Crippen molar-refractivity contribution in [1.82, 2.24) is 4.90 Å². The predicted molar refractivity (Wildman–Crippen MR) is 117 cm³/mol. The number of rotatable bonds is 3. The Morgan fingerprint density at radius 2 is 1.63 bits per heavy atom. The van der Waals surface area contributed by atoms with E-state index in [-0.39, 0.29) is 33.3 Å². The molecule has 0 bridgehead atoms. The fourth-order valence-corrected chi connectivity index (χ4v) is 5.16. The molecule has 1 radical (unpaired) electrons. The predicted octanol–water partition coefficient (Wildman–Crippen LogP) is 4.95. The van der Waals surface area contributed by atoms with Crippen molar-refractivity contribution in [1.29, 1.82) is 0 Å². The molecule has 0 spiro atoms. The molecule has 2 N–H and O–H groups in total. The summed E-state index contributed by atoms with van der Waals surface area (Å²) in [5.74, 6) is 0.430. The summed E-state index contributed by atoms with van der Waals surface area (Å²) in [6.45, 7) is 29.1. The quantitative estimate of drug-likeness (QED) is 0.562. The summed E-state index contributed by atoms with van der Waals surface area (Å²) < 4.78 is 5.88. The van der Waals surface area contributed by atoms with Gasteiger partial charge in [0.2, 0.25) is 0 Å². The number of hydrogen-bond acceptors (Lipinski definition) is 3. The van der Waals surface area contributed by atoms with Gasteiger partial charge in [-0.2, -0.15) is 0 Å². The van der Waals surface area contributed by atoms with Gasteiger partial charge in [0, 0.05) is 12.1 Å². The van der Waals surface area contributed by atoms with Crippen LogP contribution in [0, 0.1) is 22.2 Å². The smallest absolute Gasteiger partial charge is 0.258 e. The van der Waals surface area contributed by atoms with Gasteiger partial charge in [-0.05, 0) is 62.4 Å². The topological polar surface area (TPSA) is 38.5 Å². The maximum atomic E-state index is 6.01. The number of nitrogens with two attached hydrogens (primary N) is 1. The standard InChI is InChI=1S/C23H42BN2O/c1-16(2)17-14-19(3,4)20(5,6)15-26(22(9,10)21(17,7)8)23(11)12-13-27-18(23)24-25/h12-13,17-18H,1,14-15,25H2,2-11H3. The number of allylic oxidation sites excluding steroid dienone is 1. The molecule has 0 amide bonds. The van der Waals surface area contributed by atoms with Crippen LogP contribution in [0.2, 0.25) is 0 Å². The maximum Gasteiger partial charge on any atom is 0.258 e. The van der Waals surface area contributed by atoms with Crippen LogP contribution in [0.4, 0.5) is 0 Å². The van der Waals surface area contributed by atoms with Gasteiger partial charge in [0.1, 0.15) is 6.00 Å². The van der Waals surface area contributed by atoms with Crippen LogP contribution in [0.1, 0.15) is 75.7 Å². The van der Waals surface area contributed by atoms with Gasteiger partial charge in [0.25, 0.3) is 7.41 Å². The molecule has 1 saturated heterocycles. The highest BCUT2D eigenvalue weighted by Gasteiger charge is 2.59. The number of nitrogens with zero attached hydrogens (tertiary/aromatic N) is 1. The Bertz CT molecular complexity index is 620. The van der Waals surface area contributed by atoms with Crippen molar-refractivity contribution < 1.29 is 4.74 Å². The molecule has 3 atom stereocenters. The Labute approximate surface area is 169 Å². The third-order valence-corrected chi connectivity index (χ3v) is 8.78. The van der Waals surface area contributed by atoms with E-state index in [9.17, 15) is 0 Å². The van der Waals surface area contributed by atoms with Crippen molar-refractivity contribution in [2.75, 3.05) is 6.54 Å². The van der Waals surface area contributed by atoms with E-state index in [1.807, 2.05) is 6.26 Å². The fourth-order valence-electron chi connectivity index (χ4n) is 5.16. The van der Waals surface area contributed by atoms with E-state index in [1.54, 1.807) is 7.41 Å². The fraction of sp³-hybridized carbons (Fsp3) is 0.826. The molecule has 3 unspecified atom stereocenters. The molecule has 27 heavy (non-hydrogen) atoms. The minimum absolute atomic E-state index is 0.0329. The zero-order chi connectivity index (χ0) is 21.1. The van der Waals surface area contributed by atoms with E-state index in [0.29, 0.717) is 5.92 Å².